The van der Waals surface area contributed by atoms with E-state index < -0.39 is 0 Å². The van der Waals surface area contributed by atoms with E-state index in [4.69, 9.17) is 11.6 Å². The largest absolute Gasteiger partial charge is 0.353 e. The summed E-state index contributed by atoms with van der Waals surface area (Å²) < 4.78 is 0.860. The van der Waals surface area contributed by atoms with Crippen LogP contribution in [-0.2, 0) is 11.2 Å². The summed E-state index contributed by atoms with van der Waals surface area (Å²) in [6.45, 7) is 0. The summed E-state index contributed by atoms with van der Waals surface area (Å²) >= 11 is 9.32. The number of hydrogen-bond donors (Lipinski definition) is 1. The van der Waals surface area contributed by atoms with Crippen molar-refractivity contribution in [3.8, 4) is 0 Å². The molecule has 4 heteroatoms. The molecular formula is C13H15BrClNO. The van der Waals surface area contributed by atoms with E-state index >= 15 is 0 Å². The molecule has 0 atom stereocenters. The van der Waals surface area contributed by atoms with E-state index in [1.54, 1.807) is 0 Å². The fourth-order valence-electron chi connectivity index (χ4n) is 2.18. The van der Waals surface area contributed by atoms with Crippen molar-refractivity contribution in [1.82, 2.24) is 5.32 Å². The third kappa shape index (κ3) is 3.71. The van der Waals surface area contributed by atoms with Crippen molar-refractivity contribution in [3.05, 3.63) is 33.3 Å². The molecule has 0 aliphatic heterocycles. The topological polar surface area (TPSA) is 29.1 Å². The molecule has 92 valence electrons. The summed E-state index contributed by atoms with van der Waals surface area (Å²) in [5.41, 5.74) is 0.952. The first-order valence-corrected chi connectivity index (χ1v) is 7.05. The number of amides is 1. The van der Waals surface area contributed by atoms with E-state index in [-0.39, 0.29) is 5.91 Å². The predicted molar refractivity (Wildman–Crippen MR) is 73.3 cm³/mol. The third-order valence-electron chi connectivity index (χ3n) is 3.07. The highest BCUT2D eigenvalue weighted by atomic mass is 79.9. The van der Waals surface area contributed by atoms with Gasteiger partial charge in [-0.1, -0.05) is 30.5 Å². The normalized spacial score (nSPS) is 16.1. The molecule has 1 aliphatic carbocycles. The van der Waals surface area contributed by atoms with Gasteiger partial charge in [-0.2, -0.15) is 0 Å². The van der Waals surface area contributed by atoms with Gasteiger partial charge in [0.05, 0.1) is 11.4 Å². The first-order chi connectivity index (χ1) is 8.15. The molecule has 1 N–H and O–H groups in total. The first-order valence-electron chi connectivity index (χ1n) is 5.88. The van der Waals surface area contributed by atoms with Gasteiger partial charge in [0.15, 0.2) is 0 Å². The van der Waals surface area contributed by atoms with Crippen molar-refractivity contribution >= 4 is 33.4 Å². The predicted octanol–water partition coefficient (Wildman–Crippen LogP) is 3.70. The molecule has 1 saturated carbocycles. The number of nitrogens with one attached hydrogen (secondary N) is 1. The Bertz CT molecular complexity index is 416. The van der Waals surface area contributed by atoms with Crippen molar-refractivity contribution < 1.29 is 4.79 Å². The van der Waals surface area contributed by atoms with Gasteiger partial charge in [0.2, 0.25) is 5.91 Å². The molecule has 2 rings (SSSR count). The van der Waals surface area contributed by atoms with Crippen LogP contribution in [0.25, 0.3) is 0 Å². The molecule has 17 heavy (non-hydrogen) atoms. The first kappa shape index (κ1) is 12.9. The summed E-state index contributed by atoms with van der Waals surface area (Å²) in [6.07, 6.45) is 5.10. The summed E-state index contributed by atoms with van der Waals surface area (Å²) in [5.74, 6) is 0.0929. The minimum Gasteiger partial charge on any atom is -0.353 e. The zero-order chi connectivity index (χ0) is 12.3. The molecule has 2 nitrogen and oxygen atoms in total. The quantitative estimate of drug-likeness (QED) is 0.905. The Morgan fingerprint density at radius 3 is 2.76 bits per heavy atom. The van der Waals surface area contributed by atoms with E-state index in [9.17, 15) is 4.79 Å². The van der Waals surface area contributed by atoms with Crippen molar-refractivity contribution in [2.24, 2.45) is 0 Å². The fourth-order valence-corrected chi connectivity index (χ4v) is 2.63. The summed E-state index contributed by atoms with van der Waals surface area (Å²) in [7, 11) is 0. The Balaban J connectivity index is 1.90. The van der Waals surface area contributed by atoms with Crippen molar-refractivity contribution in [3.63, 3.8) is 0 Å². The SMILES string of the molecule is O=C(Cc1ccc(Br)c(Cl)c1)NC1CCCC1. The van der Waals surface area contributed by atoms with Crippen LogP contribution >= 0.6 is 27.5 Å². The highest BCUT2D eigenvalue weighted by Crippen LogP contribution is 2.23. The number of carbonyl (C=O) groups is 1. The summed E-state index contributed by atoms with van der Waals surface area (Å²) in [6, 6.07) is 6.01. The van der Waals surface area contributed by atoms with Crippen LogP contribution in [0, 0.1) is 0 Å². The zero-order valence-electron chi connectivity index (χ0n) is 9.51. The van der Waals surface area contributed by atoms with Gasteiger partial charge < -0.3 is 5.32 Å². The lowest BCUT2D eigenvalue weighted by Crippen LogP contribution is -2.33. The van der Waals surface area contributed by atoms with Gasteiger partial charge in [-0.15, -0.1) is 0 Å². The number of carbonyl (C=O) groups excluding carboxylic acids is 1. The van der Waals surface area contributed by atoms with E-state index in [1.165, 1.54) is 12.8 Å². The molecule has 0 unspecified atom stereocenters. The highest BCUT2D eigenvalue weighted by Gasteiger charge is 2.17. The molecule has 1 aromatic rings. The number of rotatable bonds is 3. The monoisotopic (exact) mass is 315 g/mol. The maximum Gasteiger partial charge on any atom is 0.224 e. The summed E-state index contributed by atoms with van der Waals surface area (Å²) in [4.78, 5) is 11.8. The number of halogens is 2. The molecular weight excluding hydrogens is 302 g/mol. The van der Waals surface area contributed by atoms with Crippen LogP contribution in [0.15, 0.2) is 22.7 Å². The van der Waals surface area contributed by atoms with E-state index in [0.717, 1.165) is 22.9 Å². The van der Waals surface area contributed by atoms with E-state index in [2.05, 4.69) is 21.2 Å². The van der Waals surface area contributed by atoms with Gasteiger partial charge in [0.1, 0.15) is 0 Å². The van der Waals surface area contributed by atoms with Crippen LogP contribution in [0.2, 0.25) is 5.02 Å². The Labute approximate surface area is 115 Å². The van der Waals surface area contributed by atoms with Gasteiger partial charge in [-0.3, -0.25) is 4.79 Å². The van der Waals surface area contributed by atoms with Gasteiger partial charge >= 0.3 is 0 Å². The average Bonchev–Trinajstić information content (AvgIpc) is 2.76. The molecule has 0 spiro atoms. The Hall–Kier alpha value is -0.540. The second-order valence-electron chi connectivity index (χ2n) is 4.47. The van der Waals surface area contributed by atoms with Crippen LogP contribution in [0.5, 0.6) is 0 Å². The maximum atomic E-state index is 11.8. The molecule has 0 heterocycles. The van der Waals surface area contributed by atoms with Crippen molar-refractivity contribution in [1.29, 1.82) is 0 Å². The molecule has 1 aromatic carbocycles. The van der Waals surface area contributed by atoms with E-state index in [0.29, 0.717) is 17.5 Å². The van der Waals surface area contributed by atoms with Crippen molar-refractivity contribution in [2.45, 2.75) is 38.1 Å². The second-order valence-corrected chi connectivity index (χ2v) is 5.74. The lowest BCUT2D eigenvalue weighted by Gasteiger charge is -2.12. The number of hydrogen-bond acceptors (Lipinski definition) is 1. The van der Waals surface area contributed by atoms with Crippen LogP contribution in [0.1, 0.15) is 31.2 Å². The van der Waals surface area contributed by atoms with Gasteiger partial charge in [0.25, 0.3) is 0 Å². The molecule has 0 aromatic heterocycles. The Morgan fingerprint density at radius 2 is 2.12 bits per heavy atom. The molecule has 1 fully saturated rings. The van der Waals surface area contributed by atoms with Gasteiger partial charge in [-0.05, 0) is 46.5 Å². The minimum absolute atomic E-state index is 0.0929. The van der Waals surface area contributed by atoms with Crippen LogP contribution in [0.4, 0.5) is 0 Å². The van der Waals surface area contributed by atoms with Crippen LogP contribution in [-0.4, -0.2) is 11.9 Å². The van der Waals surface area contributed by atoms with Crippen LogP contribution in [0.3, 0.4) is 0 Å². The molecule has 0 saturated heterocycles. The Morgan fingerprint density at radius 1 is 1.41 bits per heavy atom. The molecule has 0 radical (unpaired) electrons. The van der Waals surface area contributed by atoms with Gasteiger partial charge in [0, 0.05) is 10.5 Å². The van der Waals surface area contributed by atoms with E-state index in [1.807, 2.05) is 18.2 Å². The van der Waals surface area contributed by atoms with Gasteiger partial charge in [-0.25, -0.2) is 0 Å². The molecule has 1 amide bonds. The highest BCUT2D eigenvalue weighted by molar-refractivity contribution is 9.10. The average molecular weight is 317 g/mol. The zero-order valence-corrected chi connectivity index (χ0v) is 11.9. The lowest BCUT2D eigenvalue weighted by atomic mass is 10.1. The van der Waals surface area contributed by atoms with Crippen LogP contribution < -0.4 is 5.32 Å². The molecule has 1 aliphatic rings. The smallest absolute Gasteiger partial charge is 0.224 e. The second kappa shape index (κ2) is 5.87. The lowest BCUT2D eigenvalue weighted by molar-refractivity contribution is -0.121. The Kier molecular flexibility index (Phi) is 4.46. The maximum absolute atomic E-state index is 11.8. The fraction of sp³-hybridized carbons (Fsp3) is 0.462. The molecule has 0 bridgehead atoms. The standard InChI is InChI=1S/C13H15BrClNO/c14-11-6-5-9(7-12(11)15)8-13(17)16-10-3-1-2-4-10/h5-7,10H,1-4,8H2,(H,16,17). The third-order valence-corrected chi connectivity index (χ3v) is 4.30. The summed E-state index contributed by atoms with van der Waals surface area (Å²) in [5, 5.41) is 3.72. The number of benzene rings is 1. The minimum atomic E-state index is 0.0929. The van der Waals surface area contributed by atoms with Crippen molar-refractivity contribution in [2.75, 3.05) is 0 Å².